The van der Waals surface area contributed by atoms with Gasteiger partial charge in [-0.25, -0.2) is 4.68 Å². The van der Waals surface area contributed by atoms with Crippen molar-refractivity contribution in [2.45, 2.75) is 6.54 Å². The van der Waals surface area contributed by atoms with Gasteiger partial charge in [-0.2, -0.15) is 5.10 Å². The Hall–Kier alpha value is -3.74. The third kappa shape index (κ3) is 3.23. The Balaban J connectivity index is 1.53. The maximum absolute atomic E-state index is 11.3. The van der Waals surface area contributed by atoms with Gasteiger partial charge in [0.2, 0.25) is 5.91 Å². The summed E-state index contributed by atoms with van der Waals surface area (Å²) >= 11 is 0. The minimum Gasteiger partial charge on any atom is -0.366 e. The fourth-order valence-corrected chi connectivity index (χ4v) is 2.71. The third-order valence-corrected chi connectivity index (χ3v) is 4.01. The first kappa shape index (κ1) is 15.8. The molecule has 0 aliphatic heterocycles. The van der Waals surface area contributed by atoms with E-state index in [2.05, 4.69) is 20.5 Å². The van der Waals surface area contributed by atoms with Gasteiger partial charge >= 0.3 is 0 Å². The molecule has 0 fully saturated rings. The molecule has 7 nitrogen and oxygen atoms in total. The topological polar surface area (TPSA) is 102 Å². The number of H-pyrrole nitrogens is 1. The molecule has 0 aliphatic carbocycles. The van der Waals surface area contributed by atoms with Crippen molar-refractivity contribution in [1.29, 1.82) is 0 Å². The van der Waals surface area contributed by atoms with Crippen molar-refractivity contribution in [2.75, 3.05) is 0 Å². The first-order valence-electron chi connectivity index (χ1n) is 8.09. The number of nitrogens with zero attached hydrogens (tertiary/aromatic N) is 4. The van der Waals surface area contributed by atoms with E-state index < -0.39 is 5.91 Å². The highest BCUT2D eigenvalue weighted by molar-refractivity contribution is 5.93. The van der Waals surface area contributed by atoms with Crippen LogP contribution in [0.15, 0.2) is 66.9 Å². The van der Waals surface area contributed by atoms with Gasteiger partial charge in [0.05, 0.1) is 24.1 Å². The highest BCUT2D eigenvalue weighted by atomic mass is 16.1. The minimum atomic E-state index is -0.467. The molecule has 2 aromatic heterocycles. The summed E-state index contributed by atoms with van der Waals surface area (Å²) in [7, 11) is 0. The summed E-state index contributed by atoms with van der Waals surface area (Å²) in [5, 5.41) is 15.7. The lowest BCUT2D eigenvalue weighted by Gasteiger charge is -1.99. The van der Waals surface area contributed by atoms with E-state index in [4.69, 9.17) is 5.73 Å². The summed E-state index contributed by atoms with van der Waals surface area (Å²) < 4.78 is 1.72. The normalized spacial score (nSPS) is 10.8. The molecule has 0 atom stereocenters. The fourth-order valence-electron chi connectivity index (χ4n) is 2.71. The molecule has 2 heterocycles. The van der Waals surface area contributed by atoms with Crippen molar-refractivity contribution >= 4 is 5.91 Å². The van der Waals surface area contributed by atoms with Gasteiger partial charge in [0, 0.05) is 16.7 Å². The van der Waals surface area contributed by atoms with E-state index in [1.54, 1.807) is 22.9 Å². The molecule has 4 rings (SSSR count). The molecular formula is C19H16N6O. The Kier molecular flexibility index (Phi) is 4.03. The van der Waals surface area contributed by atoms with Crippen molar-refractivity contribution in [2.24, 2.45) is 5.73 Å². The molecule has 3 N–H and O–H groups in total. The molecule has 26 heavy (non-hydrogen) atoms. The van der Waals surface area contributed by atoms with Gasteiger partial charge in [0.25, 0.3) is 0 Å². The van der Waals surface area contributed by atoms with Crippen LogP contribution in [-0.4, -0.2) is 31.1 Å². The maximum Gasteiger partial charge on any atom is 0.248 e. The minimum absolute atomic E-state index is 0.443. The van der Waals surface area contributed by atoms with Gasteiger partial charge < -0.3 is 5.73 Å². The Morgan fingerprint density at radius 1 is 1.00 bits per heavy atom. The van der Waals surface area contributed by atoms with Gasteiger partial charge in [-0.05, 0) is 18.2 Å². The predicted molar refractivity (Wildman–Crippen MR) is 97.1 cm³/mol. The van der Waals surface area contributed by atoms with Crippen LogP contribution in [0.1, 0.15) is 16.1 Å². The highest BCUT2D eigenvalue weighted by Crippen LogP contribution is 2.19. The zero-order chi connectivity index (χ0) is 17.9. The van der Waals surface area contributed by atoms with Gasteiger partial charge in [0.1, 0.15) is 5.69 Å². The number of aromatic nitrogens is 5. The standard InChI is InChI=1S/C19H16N6O/c20-19(26)15-8-4-7-14(9-15)18-12-25(24-23-18)11-16-10-17(22-21-16)13-5-2-1-3-6-13/h1-10,12H,11H2,(H2,20,26)(H,21,22). The monoisotopic (exact) mass is 344 g/mol. The van der Waals surface area contributed by atoms with Crippen LogP contribution in [0.2, 0.25) is 0 Å². The number of rotatable bonds is 5. The number of carbonyl (C=O) groups is 1. The van der Waals surface area contributed by atoms with Crippen LogP contribution < -0.4 is 5.73 Å². The molecule has 0 bridgehead atoms. The summed E-state index contributed by atoms with van der Waals surface area (Å²) in [6, 6.07) is 19.0. The van der Waals surface area contributed by atoms with Crippen LogP contribution in [0.4, 0.5) is 0 Å². The fraction of sp³-hybridized carbons (Fsp3) is 0.0526. The van der Waals surface area contributed by atoms with Crippen molar-refractivity contribution in [3.63, 3.8) is 0 Å². The number of aromatic amines is 1. The molecule has 0 saturated carbocycles. The lowest BCUT2D eigenvalue weighted by atomic mass is 10.1. The molecule has 0 unspecified atom stereocenters. The molecule has 128 valence electrons. The van der Waals surface area contributed by atoms with Crippen LogP contribution >= 0.6 is 0 Å². The van der Waals surface area contributed by atoms with Crippen LogP contribution in [0, 0.1) is 0 Å². The van der Waals surface area contributed by atoms with E-state index in [0.717, 1.165) is 22.5 Å². The Morgan fingerprint density at radius 3 is 2.62 bits per heavy atom. The molecule has 4 aromatic rings. The zero-order valence-corrected chi connectivity index (χ0v) is 13.8. The van der Waals surface area contributed by atoms with Crippen LogP contribution in [0.25, 0.3) is 22.5 Å². The molecule has 2 aromatic carbocycles. The van der Waals surface area contributed by atoms with Gasteiger partial charge in [-0.1, -0.05) is 47.7 Å². The van der Waals surface area contributed by atoms with Crippen molar-refractivity contribution in [1.82, 2.24) is 25.2 Å². The predicted octanol–water partition coefficient (Wildman–Crippen LogP) is 2.48. The molecule has 0 aliphatic rings. The number of hydrogen-bond acceptors (Lipinski definition) is 4. The average Bonchev–Trinajstić information content (AvgIpc) is 3.33. The summed E-state index contributed by atoms with van der Waals surface area (Å²) in [5.74, 6) is -0.467. The smallest absolute Gasteiger partial charge is 0.248 e. The maximum atomic E-state index is 11.3. The van der Waals surface area contributed by atoms with E-state index in [9.17, 15) is 4.79 Å². The molecule has 1 amide bonds. The van der Waals surface area contributed by atoms with Crippen LogP contribution in [-0.2, 0) is 6.54 Å². The first-order chi connectivity index (χ1) is 12.7. The third-order valence-electron chi connectivity index (χ3n) is 4.01. The van der Waals surface area contributed by atoms with E-state index in [1.165, 1.54) is 0 Å². The summed E-state index contributed by atoms with van der Waals surface area (Å²) in [5.41, 5.74) is 10.1. The average molecular weight is 344 g/mol. The molecule has 0 spiro atoms. The number of primary amides is 1. The number of nitrogens with one attached hydrogen (secondary N) is 1. The van der Waals surface area contributed by atoms with Crippen LogP contribution in [0.5, 0.6) is 0 Å². The van der Waals surface area contributed by atoms with E-state index in [1.807, 2.05) is 48.7 Å². The molecule has 0 radical (unpaired) electrons. The second kappa shape index (κ2) is 6.64. The van der Waals surface area contributed by atoms with E-state index in [0.29, 0.717) is 17.8 Å². The summed E-state index contributed by atoms with van der Waals surface area (Å²) in [6.07, 6.45) is 1.82. The van der Waals surface area contributed by atoms with Crippen LogP contribution in [0.3, 0.4) is 0 Å². The number of benzene rings is 2. The number of hydrogen-bond donors (Lipinski definition) is 2. The lowest BCUT2D eigenvalue weighted by molar-refractivity contribution is 0.100. The molecule has 0 saturated heterocycles. The largest absolute Gasteiger partial charge is 0.366 e. The van der Waals surface area contributed by atoms with E-state index in [-0.39, 0.29) is 0 Å². The Morgan fingerprint density at radius 2 is 1.81 bits per heavy atom. The quantitative estimate of drug-likeness (QED) is 0.580. The molecule has 7 heteroatoms. The Labute approximate surface area is 149 Å². The summed E-state index contributed by atoms with van der Waals surface area (Å²) in [4.78, 5) is 11.3. The van der Waals surface area contributed by atoms with Crippen molar-refractivity contribution in [3.8, 4) is 22.5 Å². The van der Waals surface area contributed by atoms with E-state index >= 15 is 0 Å². The lowest BCUT2D eigenvalue weighted by Crippen LogP contribution is -2.10. The number of nitrogens with two attached hydrogens (primary N) is 1. The van der Waals surface area contributed by atoms with Gasteiger partial charge in [-0.15, -0.1) is 5.10 Å². The molecular weight excluding hydrogens is 328 g/mol. The summed E-state index contributed by atoms with van der Waals surface area (Å²) in [6.45, 7) is 0.516. The first-order valence-corrected chi connectivity index (χ1v) is 8.09. The Bertz CT molecular complexity index is 1050. The second-order valence-corrected chi connectivity index (χ2v) is 5.89. The SMILES string of the molecule is NC(=O)c1cccc(-c2cn(Cc3cc(-c4ccccc4)n[nH]3)nn2)c1. The highest BCUT2D eigenvalue weighted by Gasteiger charge is 2.09. The van der Waals surface area contributed by atoms with Gasteiger partial charge in [-0.3, -0.25) is 9.89 Å². The van der Waals surface area contributed by atoms with Gasteiger partial charge in [0.15, 0.2) is 0 Å². The zero-order valence-electron chi connectivity index (χ0n) is 13.8. The number of amides is 1. The number of carbonyl (C=O) groups excluding carboxylic acids is 1. The van der Waals surface area contributed by atoms with Crippen molar-refractivity contribution in [3.05, 3.63) is 78.1 Å². The van der Waals surface area contributed by atoms with Crippen molar-refractivity contribution < 1.29 is 4.79 Å². The second-order valence-electron chi connectivity index (χ2n) is 5.89.